The van der Waals surface area contributed by atoms with E-state index in [-0.39, 0.29) is 17.6 Å². The maximum atomic E-state index is 14.2. The Morgan fingerprint density at radius 2 is 1.40 bits per heavy atom. The summed E-state index contributed by atoms with van der Waals surface area (Å²) in [6.07, 6.45) is 2.29. The molecule has 25 heavy (non-hydrogen) atoms. The Hall–Kier alpha value is -2.25. The minimum Gasteiger partial charge on any atom is -0.317 e. The monoisotopic (exact) mass is 340 g/mol. The largest absolute Gasteiger partial charge is 0.317 e. The van der Waals surface area contributed by atoms with Crippen LogP contribution < -0.4 is 5.32 Å². The lowest BCUT2D eigenvalue weighted by Crippen LogP contribution is -2.41. The zero-order chi connectivity index (χ0) is 17.7. The minimum atomic E-state index is -0.813. The van der Waals surface area contributed by atoms with Crippen LogP contribution in [0.1, 0.15) is 24.0 Å². The highest BCUT2D eigenvalue weighted by atomic mass is 19.1. The van der Waals surface area contributed by atoms with Crippen LogP contribution in [0.5, 0.6) is 0 Å². The number of nitriles is 1. The second-order valence-corrected chi connectivity index (χ2v) is 6.83. The zero-order valence-electron chi connectivity index (χ0n) is 14.1. The fourth-order valence-electron chi connectivity index (χ4n) is 3.86. The average molecular weight is 340 g/mol. The molecule has 0 saturated carbocycles. The highest BCUT2D eigenvalue weighted by Crippen LogP contribution is 2.40. The van der Waals surface area contributed by atoms with Crippen molar-refractivity contribution in [2.75, 3.05) is 13.1 Å². The smallest absolute Gasteiger partial charge is 0.126 e. The highest BCUT2D eigenvalue weighted by molar-refractivity contribution is 5.27. The molecule has 1 fully saturated rings. The molecule has 0 radical (unpaired) electrons. The van der Waals surface area contributed by atoms with Crippen LogP contribution in [-0.2, 0) is 12.8 Å². The van der Waals surface area contributed by atoms with Gasteiger partial charge in [-0.3, -0.25) is 0 Å². The molecule has 1 heterocycles. The zero-order valence-corrected chi connectivity index (χ0v) is 14.1. The van der Waals surface area contributed by atoms with Gasteiger partial charge in [-0.2, -0.15) is 5.26 Å². The number of benzene rings is 2. The third kappa shape index (κ3) is 3.88. The number of halogens is 2. The number of nitrogens with one attached hydrogen (secondary N) is 1. The van der Waals surface area contributed by atoms with E-state index in [1.807, 2.05) is 0 Å². The van der Waals surface area contributed by atoms with Crippen LogP contribution in [0.4, 0.5) is 8.78 Å². The summed E-state index contributed by atoms with van der Waals surface area (Å²) in [7, 11) is 0. The molecule has 0 aliphatic carbocycles. The van der Waals surface area contributed by atoms with Crippen molar-refractivity contribution in [3.63, 3.8) is 0 Å². The molecule has 0 aromatic heterocycles. The van der Waals surface area contributed by atoms with Crippen LogP contribution in [0.2, 0.25) is 0 Å². The molecular formula is C21H22F2N2. The van der Waals surface area contributed by atoms with Crippen molar-refractivity contribution in [1.82, 2.24) is 5.32 Å². The van der Waals surface area contributed by atoms with Gasteiger partial charge in [0, 0.05) is 0 Å². The fourth-order valence-corrected chi connectivity index (χ4v) is 3.86. The van der Waals surface area contributed by atoms with E-state index in [1.54, 1.807) is 36.4 Å². The Balaban J connectivity index is 1.99. The molecule has 0 spiro atoms. The summed E-state index contributed by atoms with van der Waals surface area (Å²) in [6, 6.07) is 15.6. The van der Waals surface area contributed by atoms with Gasteiger partial charge in [0.1, 0.15) is 11.6 Å². The molecule has 2 aromatic rings. The summed E-state index contributed by atoms with van der Waals surface area (Å²) >= 11 is 0. The Morgan fingerprint density at radius 3 is 1.84 bits per heavy atom. The van der Waals surface area contributed by atoms with Crippen LogP contribution in [-0.4, -0.2) is 13.1 Å². The lowest BCUT2D eigenvalue weighted by Gasteiger charge is -2.38. The quantitative estimate of drug-likeness (QED) is 0.883. The fraction of sp³-hybridized carbons (Fsp3) is 0.381. The van der Waals surface area contributed by atoms with E-state index in [2.05, 4.69) is 11.4 Å². The van der Waals surface area contributed by atoms with Gasteiger partial charge in [0.25, 0.3) is 0 Å². The lowest BCUT2D eigenvalue weighted by atomic mass is 9.65. The minimum absolute atomic E-state index is 0.109. The van der Waals surface area contributed by atoms with Gasteiger partial charge in [0.05, 0.1) is 11.5 Å². The molecule has 2 aromatic carbocycles. The van der Waals surface area contributed by atoms with Gasteiger partial charge in [0.2, 0.25) is 0 Å². The first kappa shape index (κ1) is 17.6. The third-order valence-corrected chi connectivity index (χ3v) is 5.27. The summed E-state index contributed by atoms with van der Waals surface area (Å²) < 4.78 is 28.5. The van der Waals surface area contributed by atoms with Crippen molar-refractivity contribution in [3.05, 3.63) is 71.3 Å². The van der Waals surface area contributed by atoms with E-state index in [9.17, 15) is 14.0 Å². The van der Waals surface area contributed by atoms with Gasteiger partial charge in [-0.05, 0) is 68.0 Å². The average Bonchev–Trinajstić information content (AvgIpc) is 2.65. The predicted octanol–water partition coefficient (Wildman–Crippen LogP) is 4.26. The van der Waals surface area contributed by atoms with E-state index < -0.39 is 5.41 Å². The molecule has 1 aliphatic rings. The van der Waals surface area contributed by atoms with Crippen LogP contribution in [0.15, 0.2) is 48.5 Å². The van der Waals surface area contributed by atoms with Gasteiger partial charge >= 0.3 is 0 Å². The maximum Gasteiger partial charge on any atom is 0.126 e. The molecule has 3 rings (SSSR count). The number of hydrogen-bond donors (Lipinski definition) is 1. The molecule has 1 saturated heterocycles. The molecule has 130 valence electrons. The summed E-state index contributed by atoms with van der Waals surface area (Å²) in [5.74, 6) is -0.493. The third-order valence-electron chi connectivity index (χ3n) is 5.27. The molecule has 1 aliphatic heterocycles. The van der Waals surface area contributed by atoms with Crippen molar-refractivity contribution >= 4 is 0 Å². The molecule has 2 nitrogen and oxygen atoms in total. The first-order valence-corrected chi connectivity index (χ1v) is 8.73. The Labute approximate surface area is 147 Å². The van der Waals surface area contributed by atoms with Crippen molar-refractivity contribution in [2.45, 2.75) is 25.7 Å². The molecule has 4 heteroatoms. The van der Waals surface area contributed by atoms with Gasteiger partial charge in [-0.25, -0.2) is 8.78 Å². The number of nitrogens with zero attached hydrogens (tertiary/aromatic N) is 1. The topological polar surface area (TPSA) is 35.8 Å². The number of rotatable bonds is 5. The first-order chi connectivity index (χ1) is 12.1. The summed E-state index contributed by atoms with van der Waals surface area (Å²) in [5, 5.41) is 13.4. The van der Waals surface area contributed by atoms with Crippen LogP contribution in [0.3, 0.4) is 0 Å². The predicted molar refractivity (Wildman–Crippen MR) is 93.8 cm³/mol. The van der Waals surface area contributed by atoms with E-state index in [0.29, 0.717) is 24.0 Å². The molecule has 1 N–H and O–H groups in total. The van der Waals surface area contributed by atoms with Crippen LogP contribution in [0.25, 0.3) is 0 Å². The van der Waals surface area contributed by atoms with Crippen LogP contribution >= 0.6 is 0 Å². The summed E-state index contributed by atoms with van der Waals surface area (Å²) in [4.78, 5) is 0. The van der Waals surface area contributed by atoms with E-state index in [0.717, 1.165) is 25.9 Å². The molecular weight excluding hydrogens is 318 g/mol. The standard InChI is InChI=1S/C21H22F2N2/c22-19-7-3-1-5-16(19)13-21(15-24,18-9-11-25-12-10-18)14-17-6-2-4-8-20(17)23/h1-8,18,25H,9-14H2. The summed E-state index contributed by atoms with van der Waals surface area (Å²) in [6.45, 7) is 1.67. The molecule has 0 atom stereocenters. The van der Waals surface area contributed by atoms with Crippen molar-refractivity contribution in [1.29, 1.82) is 5.26 Å². The van der Waals surface area contributed by atoms with E-state index in [1.165, 1.54) is 12.1 Å². The van der Waals surface area contributed by atoms with Gasteiger partial charge in [-0.1, -0.05) is 36.4 Å². The van der Waals surface area contributed by atoms with Crippen molar-refractivity contribution in [2.24, 2.45) is 11.3 Å². The first-order valence-electron chi connectivity index (χ1n) is 8.73. The normalized spacial score (nSPS) is 15.7. The second-order valence-electron chi connectivity index (χ2n) is 6.83. The van der Waals surface area contributed by atoms with Crippen LogP contribution in [0, 0.1) is 34.3 Å². The van der Waals surface area contributed by atoms with Gasteiger partial charge in [0.15, 0.2) is 0 Å². The Morgan fingerprint density at radius 1 is 0.920 bits per heavy atom. The van der Waals surface area contributed by atoms with Gasteiger partial charge < -0.3 is 5.32 Å². The number of hydrogen-bond acceptors (Lipinski definition) is 2. The summed E-state index contributed by atoms with van der Waals surface area (Å²) in [5.41, 5.74) is 0.241. The second kappa shape index (κ2) is 7.76. The van der Waals surface area contributed by atoms with E-state index >= 15 is 0 Å². The maximum absolute atomic E-state index is 14.2. The van der Waals surface area contributed by atoms with Crippen molar-refractivity contribution in [3.8, 4) is 6.07 Å². The van der Waals surface area contributed by atoms with E-state index in [4.69, 9.17) is 0 Å². The number of piperidine rings is 1. The molecule has 0 amide bonds. The Bertz CT molecular complexity index is 713. The highest BCUT2D eigenvalue weighted by Gasteiger charge is 2.41. The van der Waals surface area contributed by atoms with Crippen molar-refractivity contribution < 1.29 is 8.78 Å². The molecule has 0 bridgehead atoms. The SMILES string of the molecule is N#CC(Cc1ccccc1F)(Cc1ccccc1F)C1CCNCC1. The van der Waals surface area contributed by atoms with Gasteiger partial charge in [-0.15, -0.1) is 0 Å². The lowest BCUT2D eigenvalue weighted by molar-refractivity contribution is 0.181. The molecule has 0 unspecified atom stereocenters. The Kier molecular flexibility index (Phi) is 5.45.